The summed E-state index contributed by atoms with van der Waals surface area (Å²) in [5, 5.41) is 12.0. The van der Waals surface area contributed by atoms with Gasteiger partial charge in [-0.25, -0.2) is 0 Å². The maximum Gasteiger partial charge on any atom is 0.308 e. The highest BCUT2D eigenvalue weighted by Crippen LogP contribution is 2.25. The molecule has 1 unspecified atom stereocenters. The van der Waals surface area contributed by atoms with Crippen molar-refractivity contribution in [3.63, 3.8) is 0 Å². The van der Waals surface area contributed by atoms with Crippen molar-refractivity contribution in [3.8, 4) is 0 Å². The lowest BCUT2D eigenvalue weighted by Crippen LogP contribution is -2.30. The second kappa shape index (κ2) is 7.16. The van der Waals surface area contributed by atoms with Gasteiger partial charge < -0.3 is 10.4 Å². The highest BCUT2D eigenvalue weighted by atomic mass is 35.5. The van der Waals surface area contributed by atoms with Gasteiger partial charge in [-0.3, -0.25) is 9.59 Å². The Hall–Kier alpha value is -1.52. The summed E-state index contributed by atoms with van der Waals surface area (Å²) in [5.41, 5.74) is 0.548. The number of aliphatic carboxylic acids is 1. The zero-order valence-corrected chi connectivity index (χ0v) is 11.7. The Morgan fingerprint density at radius 3 is 2.47 bits per heavy atom. The van der Waals surface area contributed by atoms with E-state index < -0.39 is 17.8 Å². The molecule has 2 N–H and O–H groups in total. The monoisotopic (exact) mass is 301 g/mol. The molecule has 0 bridgehead atoms. The molecule has 0 radical (unpaired) electrons. The number of hydrogen-bond acceptors (Lipinski definition) is 2. The Morgan fingerprint density at radius 2 is 1.95 bits per heavy atom. The minimum absolute atomic E-state index is 0.0642. The van der Waals surface area contributed by atoms with E-state index in [0.717, 1.165) is 0 Å². The molecule has 0 aliphatic heterocycles. The number of amides is 1. The molecule has 1 rings (SSSR count). The van der Waals surface area contributed by atoms with Crippen LogP contribution < -0.4 is 5.32 Å². The van der Waals surface area contributed by atoms with Gasteiger partial charge in [-0.15, -0.1) is 0 Å². The van der Waals surface area contributed by atoms with Crippen LogP contribution in [0.3, 0.4) is 0 Å². The van der Waals surface area contributed by atoms with Crippen LogP contribution in [-0.4, -0.2) is 23.5 Å². The number of hydrogen-bond donors (Lipinski definition) is 2. The van der Waals surface area contributed by atoms with Crippen molar-refractivity contribution < 1.29 is 14.7 Å². The molecule has 0 saturated carbocycles. The first-order valence-corrected chi connectivity index (χ1v) is 6.30. The third-order valence-corrected chi connectivity index (χ3v) is 3.06. The molecule has 6 heteroatoms. The van der Waals surface area contributed by atoms with Crippen LogP contribution in [0, 0.1) is 5.92 Å². The molecule has 0 spiro atoms. The van der Waals surface area contributed by atoms with Gasteiger partial charge in [0.15, 0.2) is 0 Å². The molecule has 1 amide bonds. The van der Waals surface area contributed by atoms with E-state index in [-0.39, 0.29) is 6.54 Å². The van der Waals surface area contributed by atoms with E-state index in [2.05, 4.69) is 5.32 Å². The van der Waals surface area contributed by atoms with Crippen molar-refractivity contribution in [1.29, 1.82) is 0 Å². The van der Waals surface area contributed by atoms with Crippen LogP contribution in [0.15, 0.2) is 24.3 Å². The van der Waals surface area contributed by atoms with E-state index in [9.17, 15) is 9.59 Å². The molecular weight excluding hydrogens is 289 g/mol. The lowest BCUT2D eigenvalue weighted by molar-refractivity contribution is -0.141. The quantitative estimate of drug-likeness (QED) is 0.822. The van der Waals surface area contributed by atoms with E-state index >= 15 is 0 Å². The Balaban J connectivity index is 2.62. The van der Waals surface area contributed by atoms with Crippen LogP contribution in [0.5, 0.6) is 0 Å². The zero-order chi connectivity index (χ0) is 14.4. The van der Waals surface area contributed by atoms with Gasteiger partial charge in [-0.05, 0) is 18.2 Å². The Bertz CT molecular complexity index is 494. The van der Waals surface area contributed by atoms with Gasteiger partial charge in [0, 0.05) is 28.2 Å². The lowest BCUT2D eigenvalue weighted by atomic mass is 10.2. The van der Waals surface area contributed by atoms with Gasteiger partial charge in [0.2, 0.25) is 5.91 Å². The number of carboxylic acid groups (broad SMARTS) is 1. The van der Waals surface area contributed by atoms with Crippen molar-refractivity contribution in [3.05, 3.63) is 39.9 Å². The smallest absolute Gasteiger partial charge is 0.308 e. The summed E-state index contributed by atoms with van der Waals surface area (Å²) in [6.07, 6.45) is 2.76. The normalized spacial score (nSPS) is 12.4. The fourth-order valence-corrected chi connectivity index (χ4v) is 1.75. The van der Waals surface area contributed by atoms with Crippen LogP contribution in [0.4, 0.5) is 0 Å². The molecule has 0 fully saturated rings. The first kappa shape index (κ1) is 15.5. The average Bonchev–Trinajstić information content (AvgIpc) is 2.35. The number of rotatable bonds is 5. The number of benzene rings is 1. The number of carbonyl (C=O) groups excluding carboxylic acids is 1. The van der Waals surface area contributed by atoms with Gasteiger partial charge in [0.1, 0.15) is 0 Å². The molecule has 4 nitrogen and oxygen atoms in total. The minimum Gasteiger partial charge on any atom is -0.481 e. The van der Waals surface area contributed by atoms with Gasteiger partial charge in [0.25, 0.3) is 0 Å². The number of nitrogens with one attached hydrogen (secondary N) is 1. The maximum absolute atomic E-state index is 11.5. The van der Waals surface area contributed by atoms with E-state index in [1.165, 1.54) is 19.1 Å². The third kappa shape index (κ3) is 4.93. The molecule has 0 aromatic heterocycles. The molecule has 0 aliphatic carbocycles. The number of halogens is 2. The van der Waals surface area contributed by atoms with Crippen LogP contribution >= 0.6 is 23.2 Å². The second-order valence-electron chi connectivity index (χ2n) is 3.95. The van der Waals surface area contributed by atoms with Crippen molar-refractivity contribution in [2.45, 2.75) is 6.92 Å². The van der Waals surface area contributed by atoms with Gasteiger partial charge in [-0.1, -0.05) is 36.2 Å². The molecular formula is C13H13Cl2NO3. The van der Waals surface area contributed by atoms with Crippen molar-refractivity contribution in [2.24, 2.45) is 5.92 Å². The third-order valence-electron chi connectivity index (χ3n) is 2.41. The molecule has 102 valence electrons. The summed E-state index contributed by atoms with van der Waals surface area (Å²) in [7, 11) is 0. The van der Waals surface area contributed by atoms with E-state index in [1.807, 2.05) is 0 Å². The van der Waals surface area contributed by atoms with E-state index in [1.54, 1.807) is 18.2 Å². The Morgan fingerprint density at radius 1 is 1.37 bits per heavy atom. The minimum atomic E-state index is -0.960. The topological polar surface area (TPSA) is 66.4 Å². The largest absolute Gasteiger partial charge is 0.481 e. The van der Waals surface area contributed by atoms with Gasteiger partial charge in [0.05, 0.1) is 5.92 Å². The van der Waals surface area contributed by atoms with E-state index in [4.69, 9.17) is 28.3 Å². The van der Waals surface area contributed by atoms with Gasteiger partial charge >= 0.3 is 5.97 Å². The standard InChI is InChI=1S/C13H13Cl2NO3/c1-8(13(18)19)7-16-12(17)6-5-9-10(14)3-2-4-11(9)15/h2-6,8H,7H2,1H3,(H,16,17)(H,18,19). The SMILES string of the molecule is CC(CNC(=O)C=Cc1c(Cl)cccc1Cl)C(=O)O. The van der Waals surface area contributed by atoms with E-state index in [0.29, 0.717) is 15.6 Å². The summed E-state index contributed by atoms with van der Waals surface area (Å²) in [4.78, 5) is 22.1. The predicted octanol–water partition coefficient (Wildman–Crippen LogP) is 2.84. The predicted molar refractivity (Wildman–Crippen MR) is 75.3 cm³/mol. The first-order chi connectivity index (χ1) is 8.91. The molecule has 0 aliphatic rings. The van der Waals surface area contributed by atoms with Crippen molar-refractivity contribution in [2.75, 3.05) is 6.54 Å². The average molecular weight is 302 g/mol. The highest BCUT2D eigenvalue weighted by molar-refractivity contribution is 6.37. The van der Waals surface area contributed by atoms with Crippen LogP contribution in [0.2, 0.25) is 10.0 Å². The number of carbonyl (C=O) groups is 2. The van der Waals surface area contributed by atoms with Gasteiger partial charge in [-0.2, -0.15) is 0 Å². The summed E-state index contributed by atoms with van der Waals surface area (Å²) in [6.45, 7) is 1.58. The summed E-state index contributed by atoms with van der Waals surface area (Å²) >= 11 is 11.9. The second-order valence-corrected chi connectivity index (χ2v) is 4.77. The van der Waals surface area contributed by atoms with Crippen molar-refractivity contribution >= 4 is 41.2 Å². The fourth-order valence-electron chi connectivity index (χ4n) is 1.23. The summed E-state index contributed by atoms with van der Waals surface area (Å²) in [6, 6.07) is 5.03. The highest BCUT2D eigenvalue weighted by Gasteiger charge is 2.11. The fraction of sp³-hybridized carbons (Fsp3) is 0.231. The zero-order valence-electron chi connectivity index (χ0n) is 10.2. The molecule has 1 aromatic carbocycles. The van der Waals surface area contributed by atoms with Crippen LogP contribution in [0.25, 0.3) is 6.08 Å². The summed E-state index contributed by atoms with van der Waals surface area (Å²) < 4.78 is 0. The Kier molecular flexibility index (Phi) is 5.86. The molecule has 0 saturated heterocycles. The molecule has 1 atom stereocenters. The molecule has 0 heterocycles. The molecule has 19 heavy (non-hydrogen) atoms. The maximum atomic E-state index is 11.5. The Labute approximate surface area is 121 Å². The number of carboxylic acids is 1. The van der Waals surface area contributed by atoms with Crippen LogP contribution in [-0.2, 0) is 9.59 Å². The van der Waals surface area contributed by atoms with Crippen LogP contribution in [0.1, 0.15) is 12.5 Å². The van der Waals surface area contributed by atoms with Crippen molar-refractivity contribution in [1.82, 2.24) is 5.32 Å². The summed E-state index contributed by atoms with van der Waals surface area (Å²) in [5.74, 6) is -2.00. The first-order valence-electron chi connectivity index (χ1n) is 5.54. The lowest BCUT2D eigenvalue weighted by Gasteiger charge is -2.06. The molecule has 1 aromatic rings.